The van der Waals surface area contributed by atoms with Gasteiger partial charge in [0, 0.05) is 5.54 Å². The van der Waals surface area contributed by atoms with E-state index in [0.29, 0.717) is 0 Å². The Hall–Kier alpha value is -0.540. The Morgan fingerprint density at radius 1 is 1.44 bits per heavy atom. The van der Waals surface area contributed by atoms with Gasteiger partial charge in [0.15, 0.2) is 0 Å². The summed E-state index contributed by atoms with van der Waals surface area (Å²) in [5.41, 5.74) is 9.93. The average Bonchev–Trinajstić information content (AvgIpc) is 2.93. The van der Waals surface area contributed by atoms with E-state index in [9.17, 15) is 0 Å². The van der Waals surface area contributed by atoms with Crippen molar-refractivity contribution < 1.29 is 4.74 Å². The molecule has 0 radical (unpaired) electrons. The monoisotopic (exact) mass is 283 g/mol. The second-order valence-electron chi connectivity index (χ2n) is 4.86. The van der Waals surface area contributed by atoms with Crippen LogP contribution in [0.2, 0.25) is 0 Å². The summed E-state index contributed by atoms with van der Waals surface area (Å²) < 4.78 is 6.55. The lowest BCUT2D eigenvalue weighted by molar-refractivity contribution is 0.404. The summed E-state index contributed by atoms with van der Waals surface area (Å²) in [6.07, 6.45) is 3.16. The van der Waals surface area contributed by atoms with E-state index in [1.54, 1.807) is 7.11 Å². The van der Waals surface area contributed by atoms with Gasteiger partial charge in [-0.15, -0.1) is 0 Å². The van der Waals surface area contributed by atoms with Gasteiger partial charge in [0.1, 0.15) is 5.75 Å². The van der Waals surface area contributed by atoms with Crippen molar-refractivity contribution in [1.29, 1.82) is 0 Å². The number of nitrogens with two attached hydrogens (primary N) is 1. The largest absolute Gasteiger partial charge is 0.495 e. The van der Waals surface area contributed by atoms with E-state index < -0.39 is 0 Å². The van der Waals surface area contributed by atoms with Crippen LogP contribution in [0.1, 0.15) is 29.5 Å². The smallest absolute Gasteiger partial charge is 0.136 e. The zero-order chi connectivity index (χ0) is 11.9. The lowest BCUT2D eigenvalue weighted by Gasteiger charge is -2.17. The Morgan fingerprint density at radius 3 is 2.56 bits per heavy atom. The fourth-order valence-corrected chi connectivity index (χ4v) is 2.72. The van der Waals surface area contributed by atoms with Gasteiger partial charge < -0.3 is 10.5 Å². The number of aryl methyl sites for hydroxylation is 1. The van der Waals surface area contributed by atoms with Crippen molar-refractivity contribution >= 4 is 15.9 Å². The SMILES string of the molecule is COc1c(CC2(N)CC2)cc(C)c(C)c1Br. The van der Waals surface area contributed by atoms with Crippen LogP contribution < -0.4 is 10.5 Å². The third-order valence-electron chi connectivity index (χ3n) is 3.44. The molecule has 0 unspecified atom stereocenters. The molecule has 0 bridgehead atoms. The first-order valence-electron chi connectivity index (χ1n) is 5.58. The Labute approximate surface area is 105 Å². The van der Waals surface area contributed by atoms with Gasteiger partial charge in [-0.1, -0.05) is 6.07 Å². The summed E-state index contributed by atoms with van der Waals surface area (Å²) in [6, 6.07) is 2.20. The molecular formula is C13H18BrNO. The van der Waals surface area contributed by atoms with E-state index in [4.69, 9.17) is 10.5 Å². The van der Waals surface area contributed by atoms with Gasteiger partial charge in [0.2, 0.25) is 0 Å². The van der Waals surface area contributed by atoms with Crippen LogP contribution in [-0.4, -0.2) is 12.6 Å². The van der Waals surface area contributed by atoms with Gasteiger partial charge in [-0.05, 0) is 65.7 Å². The quantitative estimate of drug-likeness (QED) is 0.925. The molecule has 1 aromatic rings. The minimum absolute atomic E-state index is 0.0222. The number of halogens is 1. The molecule has 0 aliphatic heterocycles. The zero-order valence-electron chi connectivity index (χ0n) is 10.1. The number of ether oxygens (including phenoxy) is 1. The van der Waals surface area contributed by atoms with Crippen molar-refractivity contribution in [1.82, 2.24) is 0 Å². The van der Waals surface area contributed by atoms with Gasteiger partial charge >= 0.3 is 0 Å². The van der Waals surface area contributed by atoms with E-state index in [-0.39, 0.29) is 5.54 Å². The maximum atomic E-state index is 6.17. The first-order valence-corrected chi connectivity index (χ1v) is 6.37. The highest BCUT2D eigenvalue weighted by molar-refractivity contribution is 9.10. The summed E-state index contributed by atoms with van der Waals surface area (Å²) in [4.78, 5) is 0. The number of benzene rings is 1. The molecule has 1 fully saturated rings. The van der Waals surface area contributed by atoms with E-state index >= 15 is 0 Å². The second-order valence-corrected chi connectivity index (χ2v) is 5.66. The summed E-state index contributed by atoms with van der Waals surface area (Å²) in [5, 5.41) is 0. The Kier molecular flexibility index (Phi) is 3.01. The molecule has 2 N–H and O–H groups in total. The van der Waals surface area contributed by atoms with Crippen molar-refractivity contribution in [3.63, 3.8) is 0 Å². The molecule has 0 amide bonds. The van der Waals surface area contributed by atoms with Crippen LogP contribution >= 0.6 is 15.9 Å². The number of hydrogen-bond acceptors (Lipinski definition) is 2. The van der Waals surface area contributed by atoms with E-state index in [1.165, 1.54) is 16.7 Å². The van der Waals surface area contributed by atoms with Crippen molar-refractivity contribution in [2.45, 2.75) is 38.6 Å². The topological polar surface area (TPSA) is 35.2 Å². The standard InChI is InChI=1S/C13H18BrNO/c1-8-6-10(7-13(15)4-5-13)12(16-3)11(14)9(8)2/h6H,4-5,7,15H2,1-3H3. The molecule has 88 valence electrons. The fraction of sp³-hybridized carbons (Fsp3) is 0.538. The predicted molar refractivity (Wildman–Crippen MR) is 70.0 cm³/mol. The third-order valence-corrected chi connectivity index (χ3v) is 4.40. The van der Waals surface area contributed by atoms with Crippen LogP contribution in [0.15, 0.2) is 10.5 Å². The lowest BCUT2D eigenvalue weighted by Crippen LogP contribution is -2.24. The van der Waals surface area contributed by atoms with Crippen molar-refractivity contribution in [3.8, 4) is 5.75 Å². The van der Waals surface area contributed by atoms with Gasteiger partial charge in [-0.2, -0.15) is 0 Å². The van der Waals surface area contributed by atoms with Crippen molar-refractivity contribution in [2.75, 3.05) is 7.11 Å². The average molecular weight is 284 g/mol. The molecule has 16 heavy (non-hydrogen) atoms. The molecule has 3 heteroatoms. The zero-order valence-corrected chi connectivity index (χ0v) is 11.6. The number of rotatable bonds is 3. The van der Waals surface area contributed by atoms with Crippen molar-refractivity contribution in [3.05, 3.63) is 27.2 Å². The highest BCUT2D eigenvalue weighted by Crippen LogP contribution is 2.41. The molecule has 2 nitrogen and oxygen atoms in total. The predicted octanol–water partition coefficient (Wildman–Crippen LogP) is 3.11. The first-order chi connectivity index (χ1) is 7.47. The highest BCUT2D eigenvalue weighted by atomic mass is 79.9. The Morgan fingerprint density at radius 2 is 2.06 bits per heavy atom. The van der Waals surface area contributed by atoms with Gasteiger partial charge in [-0.3, -0.25) is 0 Å². The number of hydrogen-bond donors (Lipinski definition) is 1. The molecule has 0 atom stereocenters. The van der Waals surface area contributed by atoms with Gasteiger partial charge in [-0.25, -0.2) is 0 Å². The second kappa shape index (κ2) is 4.04. The highest BCUT2D eigenvalue weighted by Gasteiger charge is 2.39. The first kappa shape index (κ1) is 11.9. The molecule has 1 aromatic carbocycles. The fourth-order valence-electron chi connectivity index (χ4n) is 1.99. The molecule has 2 rings (SSSR count). The molecule has 0 spiro atoms. The van der Waals surface area contributed by atoms with Crippen LogP contribution in [-0.2, 0) is 6.42 Å². The number of methoxy groups -OCH3 is 1. The molecule has 0 heterocycles. The Bertz CT molecular complexity index is 424. The molecule has 1 aliphatic rings. The van der Waals surface area contributed by atoms with Crippen LogP contribution in [0.3, 0.4) is 0 Å². The van der Waals surface area contributed by atoms with Crippen LogP contribution in [0.25, 0.3) is 0 Å². The molecular weight excluding hydrogens is 266 g/mol. The van der Waals surface area contributed by atoms with Crippen molar-refractivity contribution in [2.24, 2.45) is 5.73 Å². The summed E-state index contributed by atoms with van der Waals surface area (Å²) in [5.74, 6) is 0.944. The molecule has 1 aliphatic carbocycles. The molecule has 1 saturated carbocycles. The molecule has 0 saturated heterocycles. The minimum Gasteiger partial charge on any atom is -0.495 e. The maximum Gasteiger partial charge on any atom is 0.136 e. The van der Waals surface area contributed by atoms with Gasteiger partial charge in [0.05, 0.1) is 11.6 Å². The van der Waals surface area contributed by atoms with E-state index in [0.717, 1.165) is 29.5 Å². The third kappa shape index (κ3) is 2.11. The van der Waals surface area contributed by atoms with Crippen LogP contribution in [0, 0.1) is 13.8 Å². The summed E-state index contributed by atoms with van der Waals surface area (Å²) in [7, 11) is 1.72. The molecule has 0 aromatic heterocycles. The maximum absolute atomic E-state index is 6.17. The summed E-state index contributed by atoms with van der Waals surface area (Å²) >= 11 is 3.60. The van der Waals surface area contributed by atoms with E-state index in [2.05, 4.69) is 35.8 Å². The lowest BCUT2D eigenvalue weighted by atomic mass is 9.99. The minimum atomic E-state index is 0.0222. The van der Waals surface area contributed by atoms with Gasteiger partial charge in [0.25, 0.3) is 0 Å². The normalized spacial score (nSPS) is 17.3. The van der Waals surface area contributed by atoms with Crippen LogP contribution in [0.4, 0.5) is 0 Å². The summed E-state index contributed by atoms with van der Waals surface area (Å²) in [6.45, 7) is 4.22. The van der Waals surface area contributed by atoms with E-state index in [1.807, 2.05) is 0 Å². The Balaban J connectivity index is 2.43. The van der Waals surface area contributed by atoms with Crippen LogP contribution in [0.5, 0.6) is 5.75 Å².